The molecular formula is C8H13FN4O2S. The molecule has 0 saturated carbocycles. The summed E-state index contributed by atoms with van der Waals surface area (Å²) in [5.41, 5.74) is 0. The summed E-state index contributed by atoms with van der Waals surface area (Å²) >= 11 is 0. The van der Waals surface area contributed by atoms with E-state index in [9.17, 15) is 12.8 Å². The van der Waals surface area contributed by atoms with Crippen LogP contribution in [0.1, 0.15) is 6.42 Å². The molecule has 2 N–H and O–H groups in total. The van der Waals surface area contributed by atoms with Crippen LogP contribution in [0, 0.1) is 5.82 Å². The minimum atomic E-state index is -3.13. The van der Waals surface area contributed by atoms with Gasteiger partial charge in [-0.3, -0.25) is 0 Å². The maximum Gasteiger partial charge on any atom is 0.222 e. The van der Waals surface area contributed by atoms with E-state index in [1.54, 1.807) is 0 Å². The van der Waals surface area contributed by atoms with E-state index in [0.717, 1.165) is 18.6 Å². The molecule has 0 spiro atoms. The van der Waals surface area contributed by atoms with Gasteiger partial charge in [0.2, 0.25) is 16.0 Å². The molecule has 16 heavy (non-hydrogen) atoms. The van der Waals surface area contributed by atoms with Crippen LogP contribution in [-0.2, 0) is 10.0 Å². The van der Waals surface area contributed by atoms with Crippen molar-refractivity contribution in [1.82, 2.24) is 14.7 Å². The zero-order chi connectivity index (χ0) is 12.0. The highest BCUT2D eigenvalue weighted by Gasteiger charge is 1.99. The number of nitrogens with zero attached hydrogens (tertiary/aromatic N) is 2. The Kier molecular flexibility index (Phi) is 4.56. The molecule has 0 unspecified atom stereocenters. The Bertz CT molecular complexity index is 420. The summed E-state index contributed by atoms with van der Waals surface area (Å²) in [6.07, 6.45) is 3.81. The smallest absolute Gasteiger partial charge is 0.222 e. The molecule has 0 fully saturated rings. The van der Waals surface area contributed by atoms with Crippen molar-refractivity contribution in [3.8, 4) is 0 Å². The number of halogens is 1. The third-order valence-corrected chi connectivity index (χ3v) is 2.35. The Morgan fingerprint density at radius 3 is 2.50 bits per heavy atom. The fourth-order valence-electron chi connectivity index (χ4n) is 0.950. The summed E-state index contributed by atoms with van der Waals surface area (Å²) in [6.45, 7) is 0.848. The maximum atomic E-state index is 12.4. The van der Waals surface area contributed by atoms with Gasteiger partial charge in [0.15, 0.2) is 5.82 Å². The van der Waals surface area contributed by atoms with Crippen LogP contribution in [0.4, 0.5) is 10.3 Å². The second kappa shape index (κ2) is 5.71. The lowest BCUT2D eigenvalue weighted by atomic mass is 10.4. The molecule has 6 nitrogen and oxygen atoms in total. The number of anilines is 1. The van der Waals surface area contributed by atoms with Gasteiger partial charge in [0, 0.05) is 13.1 Å². The van der Waals surface area contributed by atoms with Crippen molar-refractivity contribution in [3.63, 3.8) is 0 Å². The van der Waals surface area contributed by atoms with Crippen LogP contribution in [-0.4, -0.2) is 37.7 Å². The molecule has 0 saturated heterocycles. The van der Waals surface area contributed by atoms with Crippen LogP contribution in [0.2, 0.25) is 0 Å². The molecule has 1 aromatic heterocycles. The Morgan fingerprint density at radius 1 is 1.31 bits per heavy atom. The lowest BCUT2D eigenvalue weighted by Crippen LogP contribution is -2.24. The van der Waals surface area contributed by atoms with Crippen LogP contribution in [0.25, 0.3) is 0 Å². The standard InChI is InChI=1S/C8H13FN4O2S/c1-16(14,15)13-4-2-3-10-8-11-5-7(9)6-12-8/h5-6,13H,2-4H2,1H3,(H,10,11,12). The average molecular weight is 248 g/mol. The van der Waals surface area contributed by atoms with E-state index in [0.29, 0.717) is 25.5 Å². The highest BCUT2D eigenvalue weighted by Crippen LogP contribution is 1.97. The number of sulfonamides is 1. The molecule has 90 valence electrons. The minimum absolute atomic E-state index is 0.320. The second-order valence-corrected chi connectivity index (χ2v) is 5.00. The molecule has 0 radical (unpaired) electrons. The summed E-state index contributed by atoms with van der Waals surface area (Å²) in [7, 11) is -3.13. The van der Waals surface area contributed by atoms with Crippen molar-refractivity contribution in [3.05, 3.63) is 18.2 Å². The van der Waals surface area contributed by atoms with Gasteiger partial charge in [0.05, 0.1) is 18.6 Å². The zero-order valence-corrected chi connectivity index (χ0v) is 9.59. The third-order valence-electron chi connectivity index (χ3n) is 1.62. The van der Waals surface area contributed by atoms with E-state index >= 15 is 0 Å². The first-order valence-corrected chi connectivity index (χ1v) is 6.52. The van der Waals surface area contributed by atoms with Crippen molar-refractivity contribution in [2.24, 2.45) is 0 Å². The molecule has 0 atom stereocenters. The quantitative estimate of drug-likeness (QED) is 0.690. The largest absolute Gasteiger partial charge is 0.354 e. The van der Waals surface area contributed by atoms with E-state index in [4.69, 9.17) is 0 Å². The lowest BCUT2D eigenvalue weighted by molar-refractivity contribution is 0.586. The Morgan fingerprint density at radius 2 is 1.94 bits per heavy atom. The van der Waals surface area contributed by atoms with Gasteiger partial charge in [-0.15, -0.1) is 0 Å². The van der Waals surface area contributed by atoms with E-state index in [-0.39, 0.29) is 0 Å². The normalized spacial score (nSPS) is 11.4. The van der Waals surface area contributed by atoms with Crippen molar-refractivity contribution < 1.29 is 12.8 Å². The van der Waals surface area contributed by atoms with Gasteiger partial charge in [-0.05, 0) is 6.42 Å². The topological polar surface area (TPSA) is 84.0 Å². The van der Waals surface area contributed by atoms with E-state index in [1.807, 2.05) is 0 Å². The van der Waals surface area contributed by atoms with Gasteiger partial charge in [-0.2, -0.15) is 0 Å². The highest BCUT2D eigenvalue weighted by atomic mass is 32.2. The van der Waals surface area contributed by atoms with Crippen LogP contribution in [0.3, 0.4) is 0 Å². The van der Waals surface area contributed by atoms with Gasteiger partial charge >= 0.3 is 0 Å². The fourth-order valence-corrected chi connectivity index (χ4v) is 1.46. The zero-order valence-electron chi connectivity index (χ0n) is 8.77. The summed E-state index contributed by atoms with van der Waals surface area (Å²) in [6, 6.07) is 0. The SMILES string of the molecule is CS(=O)(=O)NCCCNc1ncc(F)cn1. The Balaban J connectivity index is 2.19. The molecule has 0 aliphatic heterocycles. The first kappa shape index (κ1) is 12.8. The van der Waals surface area contributed by atoms with Crippen LogP contribution in [0.5, 0.6) is 0 Å². The molecule has 0 aliphatic rings. The molecule has 0 aromatic carbocycles. The molecule has 1 heterocycles. The van der Waals surface area contributed by atoms with E-state index < -0.39 is 15.8 Å². The van der Waals surface area contributed by atoms with Gasteiger partial charge in [-0.1, -0.05) is 0 Å². The summed E-state index contributed by atoms with van der Waals surface area (Å²) in [5, 5.41) is 2.83. The van der Waals surface area contributed by atoms with E-state index in [1.165, 1.54) is 0 Å². The summed E-state index contributed by atoms with van der Waals surface area (Å²) in [4.78, 5) is 7.38. The van der Waals surface area contributed by atoms with Crippen molar-refractivity contribution in [1.29, 1.82) is 0 Å². The minimum Gasteiger partial charge on any atom is -0.354 e. The molecule has 1 aromatic rings. The fraction of sp³-hybridized carbons (Fsp3) is 0.500. The van der Waals surface area contributed by atoms with Crippen LogP contribution < -0.4 is 10.0 Å². The molecular weight excluding hydrogens is 235 g/mol. The van der Waals surface area contributed by atoms with E-state index in [2.05, 4.69) is 20.0 Å². The van der Waals surface area contributed by atoms with Crippen molar-refractivity contribution >= 4 is 16.0 Å². The number of rotatable bonds is 6. The monoisotopic (exact) mass is 248 g/mol. The predicted molar refractivity (Wildman–Crippen MR) is 57.9 cm³/mol. The molecule has 1 rings (SSSR count). The third kappa shape index (κ3) is 5.56. The summed E-state index contributed by atoms with van der Waals surface area (Å²) < 4.78 is 36.2. The Labute approximate surface area is 93.4 Å². The first-order valence-electron chi connectivity index (χ1n) is 4.63. The van der Waals surface area contributed by atoms with Crippen LogP contribution >= 0.6 is 0 Å². The van der Waals surface area contributed by atoms with Gasteiger partial charge < -0.3 is 5.32 Å². The number of aromatic nitrogens is 2. The molecule has 0 aliphatic carbocycles. The van der Waals surface area contributed by atoms with Crippen molar-refractivity contribution in [2.75, 3.05) is 24.7 Å². The average Bonchev–Trinajstić information content (AvgIpc) is 2.19. The highest BCUT2D eigenvalue weighted by molar-refractivity contribution is 7.88. The number of nitrogens with one attached hydrogen (secondary N) is 2. The van der Waals surface area contributed by atoms with Crippen molar-refractivity contribution in [2.45, 2.75) is 6.42 Å². The van der Waals surface area contributed by atoms with Gasteiger partial charge in [0.25, 0.3) is 0 Å². The summed E-state index contributed by atoms with van der Waals surface area (Å²) in [5.74, 6) is -0.176. The van der Waals surface area contributed by atoms with Crippen LogP contribution in [0.15, 0.2) is 12.4 Å². The number of hydrogen-bond donors (Lipinski definition) is 2. The predicted octanol–water partition coefficient (Wildman–Crippen LogP) is -0.0331. The first-order chi connectivity index (χ1) is 7.47. The second-order valence-electron chi connectivity index (χ2n) is 3.17. The van der Waals surface area contributed by atoms with Gasteiger partial charge in [-0.25, -0.2) is 27.5 Å². The maximum absolute atomic E-state index is 12.4. The number of hydrogen-bond acceptors (Lipinski definition) is 5. The Hall–Kier alpha value is -1.28. The molecule has 0 amide bonds. The lowest BCUT2D eigenvalue weighted by Gasteiger charge is -2.04. The van der Waals surface area contributed by atoms with Gasteiger partial charge in [0.1, 0.15) is 0 Å². The molecule has 0 bridgehead atoms. The molecule has 8 heteroatoms.